The molecule has 0 aliphatic heterocycles. The molecule has 0 heterocycles. The van der Waals surface area contributed by atoms with E-state index < -0.39 is 36.9 Å². The minimum absolute atomic E-state index is 0.0366. The molecule has 1 rings (SSSR count). The number of phenolic OH excluding ortho intramolecular Hbond substituents is 1. The quantitative estimate of drug-likeness (QED) is 0.217. The fourth-order valence-corrected chi connectivity index (χ4v) is 1.52. The molecule has 0 fully saturated rings. The van der Waals surface area contributed by atoms with Crippen LogP contribution in [-0.4, -0.2) is 73.8 Å². The van der Waals surface area contributed by atoms with Gasteiger partial charge in [-0.1, -0.05) is 12.1 Å². The van der Waals surface area contributed by atoms with Crippen LogP contribution in [0.5, 0.6) is 5.75 Å². The second-order valence-corrected chi connectivity index (χ2v) is 4.46. The summed E-state index contributed by atoms with van der Waals surface area (Å²) in [6.45, 7) is -0.799. The zero-order valence-corrected chi connectivity index (χ0v) is 11.4. The maximum Gasteiger partial charge on any atom is 0.275 e. The van der Waals surface area contributed by atoms with Crippen LogP contribution in [0, 0.1) is 0 Å². The van der Waals surface area contributed by atoms with E-state index in [1.807, 2.05) is 5.43 Å². The van der Waals surface area contributed by atoms with Gasteiger partial charge >= 0.3 is 0 Å². The third-order valence-corrected chi connectivity index (χ3v) is 2.82. The molecule has 1 aromatic rings. The van der Waals surface area contributed by atoms with Crippen LogP contribution in [-0.2, 0) is 0 Å². The fraction of sp³-hybridized carbons (Fsp3) is 0.385. The van der Waals surface area contributed by atoms with Gasteiger partial charge in [-0.2, -0.15) is 5.10 Å². The van der Waals surface area contributed by atoms with Gasteiger partial charge in [0.1, 0.15) is 30.2 Å². The van der Waals surface area contributed by atoms with E-state index in [0.29, 0.717) is 0 Å². The van der Waals surface area contributed by atoms with E-state index in [9.17, 15) is 25.2 Å². The topological polar surface area (TPSA) is 163 Å². The molecule has 7 N–H and O–H groups in total. The summed E-state index contributed by atoms with van der Waals surface area (Å²) in [6.07, 6.45) is -6.20. The zero-order valence-electron chi connectivity index (χ0n) is 11.4. The highest BCUT2D eigenvalue weighted by Gasteiger charge is 2.29. The Morgan fingerprint density at radius 3 is 2.41 bits per heavy atom. The first-order chi connectivity index (χ1) is 10.4. The van der Waals surface area contributed by atoms with Gasteiger partial charge < -0.3 is 30.6 Å². The van der Waals surface area contributed by atoms with Crippen molar-refractivity contribution in [2.75, 3.05) is 6.61 Å². The van der Waals surface area contributed by atoms with Crippen LogP contribution < -0.4 is 5.43 Å². The predicted octanol–water partition coefficient (Wildman–Crippen LogP) is -2.46. The number of carbonyl (C=O) groups is 1. The number of nitrogens with zero attached hydrogens (tertiary/aromatic N) is 1. The number of amides is 1. The monoisotopic (exact) mass is 314 g/mol. The lowest BCUT2D eigenvalue weighted by Gasteiger charge is -2.23. The Hall–Kier alpha value is -2.04. The highest BCUT2D eigenvalue weighted by atomic mass is 16.4. The van der Waals surface area contributed by atoms with Crippen LogP contribution in [0.3, 0.4) is 0 Å². The normalized spacial score (nSPS) is 17.0. The molecule has 1 aromatic carbocycles. The lowest BCUT2D eigenvalue weighted by Crippen LogP contribution is -2.46. The molecule has 22 heavy (non-hydrogen) atoms. The number of hydrazone groups is 1. The third kappa shape index (κ3) is 4.76. The van der Waals surface area contributed by atoms with Crippen molar-refractivity contribution >= 4 is 12.1 Å². The number of para-hydroxylation sites is 1. The molecule has 4 atom stereocenters. The average molecular weight is 314 g/mol. The Balaban J connectivity index is 2.58. The predicted molar refractivity (Wildman–Crippen MR) is 75.2 cm³/mol. The summed E-state index contributed by atoms with van der Waals surface area (Å²) < 4.78 is 0. The molecule has 0 aliphatic carbocycles. The largest absolute Gasteiger partial charge is 0.507 e. The molecular formula is C13H18N2O7. The number of rotatable bonds is 7. The van der Waals surface area contributed by atoms with Crippen LogP contribution in [0.4, 0.5) is 0 Å². The first-order valence-corrected chi connectivity index (χ1v) is 6.33. The maximum atomic E-state index is 11.7. The molecule has 9 nitrogen and oxygen atoms in total. The van der Waals surface area contributed by atoms with Gasteiger partial charge in [-0.05, 0) is 12.1 Å². The number of carbonyl (C=O) groups excluding carboxylic acids is 1. The molecule has 0 unspecified atom stereocenters. The number of benzene rings is 1. The number of nitrogens with one attached hydrogen (secondary N) is 1. The second kappa shape index (κ2) is 8.41. The fourth-order valence-electron chi connectivity index (χ4n) is 1.52. The Kier molecular flexibility index (Phi) is 6.89. The van der Waals surface area contributed by atoms with Gasteiger partial charge in [0, 0.05) is 0 Å². The standard InChI is InChI=1S/C13H18N2O7/c16-6-10(19)12(21)11(20)9(18)5-14-15-13(22)7-3-1-2-4-8(7)17/h1-5,9-12,16-21H,6H2,(H,15,22)/b14-5-/t9-,10-,11+,12-/m1/s1. The smallest absolute Gasteiger partial charge is 0.275 e. The van der Waals surface area contributed by atoms with Crippen LogP contribution in [0.15, 0.2) is 29.4 Å². The van der Waals surface area contributed by atoms with Gasteiger partial charge in [-0.3, -0.25) is 4.79 Å². The summed E-state index contributed by atoms with van der Waals surface area (Å²) in [5, 5.41) is 59.0. The highest BCUT2D eigenvalue weighted by Crippen LogP contribution is 2.14. The van der Waals surface area contributed by atoms with E-state index >= 15 is 0 Å². The molecular weight excluding hydrogens is 296 g/mol. The van der Waals surface area contributed by atoms with Crippen molar-refractivity contribution in [1.82, 2.24) is 5.43 Å². The number of hydrogen-bond donors (Lipinski definition) is 7. The Bertz CT molecular complexity index is 523. The van der Waals surface area contributed by atoms with Crippen molar-refractivity contribution < 1.29 is 35.4 Å². The Labute approximate surface area is 125 Å². The van der Waals surface area contributed by atoms with Gasteiger partial charge in [0.25, 0.3) is 5.91 Å². The lowest BCUT2D eigenvalue weighted by atomic mass is 10.0. The van der Waals surface area contributed by atoms with Crippen molar-refractivity contribution in [2.45, 2.75) is 24.4 Å². The Morgan fingerprint density at radius 2 is 1.82 bits per heavy atom. The number of aliphatic hydroxyl groups is 5. The summed E-state index contributed by atoms with van der Waals surface area (Å²) in [6, 6.07) is 5.73. The molecule has 0 saturated carbocycles. The van der Waals surface area contributed by atoms with E-state index in [-0.39, 0.29) is 11.3 Å². The summed E-state index contributed by atoms with van der Waals surface area (Å²) in [4.78, 5) is 11.7. The van der Waals surface area contributed by atoms with Crippen molar-refractivity contribution in [1.29, 1.82) is 0 Å². The van der Waals surface area contributed by atoms with Crippen LogP contribution in [0.2, 0.25) is 0 Å². The van der Waals surface area contributed by atoms with Gasteiger partial charge in [0.05, 0.1) is 18.4 Å². The second-order valence-electron chi connectivity index (χ2n) is 4.46. The molecule has 0 aromatic heterocycles. The number of phenols is 1. The average Bonchev–Trinajstić information content (AvgIpc) is 2.52. The highest BCUT2D eigenvalue weighted by molar-refractivity contribution is 5.96. The van der Waals surface area contributed by atoms with Gasteiger partial charge in [-0.15, -0.1) is 0 Å². The minimum Gasteiger partial charge on any atom is -0.507 e. The SMILES string of the molecule is O=C(N/N=C\[C@@H](O)[C@H](O)[C@H](O)[C@H](O)CO)c1ccccc1O. The molecule has 0 spiro atoms. The number of aliphatic hydroxyl groups excluding tert-OH is 5. The third-order valence-electron chi connectivity index (χ3n) is 2.82. The number of hydrogen-bond acceptors (Lipinski definition) is 8. The first-order valence-electron chi connectivity index (χ1n) is 6.33. The van der Waals surface area contributed by atoms with Crippen LogP contribution >= 0.6 is 0 Å². The van der Waals surface area contributed by atoms with Crippen LogP contribution in [0.1, 0.15) is 10.4 Å². The summed E-state index contributed by atoms with van der Waals surface area (Å²) >= 11 is 0. The van der Waals surface area contributed by atoms with Crippen molar-refractivity contribution in [2.24, 2.45) is 5.10 Å². The molecule has 9 heteroatoms. The van der Waals surface area contributed by atoms with E-state index in [4.69, 9.17) is 10.2 Å². The summed E-state index contributed by atoms with van der Waals surface area (Å²) in [5.41, 5.74) is 1.98. The van der Waals surface area contributed by atoms with E-state index in [1.54, 1.807) is 0 Å². The van der Waals surface area contributed by atoms with E-state index in [1.165, 1.54) is 24.3 Å². The molecule has 1 amide bonds. The van der Waals surface area contributed by atoms with Crippen molar-refractivity contribution in [3.63, 3.8) is 0 Å². The first kappa shape index (κ1) is 18.0. The molecule has 0 bridgehead atoms. The van der Waals surface area contributed by atoms with E-state index in [0.717, 1.165) is 6.21 Å². The Morgan fingerprint density at radius 1 is 1.18 bits per heavy atom. The molecule has 0 radical (unpaired) electrons. The maximum absolute atomic E-state index is 11.7. The van der Waals surface area contributed by atoms with E-state index in [2.05, 4.69) is 5.10 Å². The van der Waals surface area contributed by atoms with Crippen molar-refractivity contribution in [3.05, 3.63) is 29.8 Å². The van der Waals surface area contributed by atoms with Crippen LogP contribution in [0.25, 0.3) is 0 Å². The lowest BCUT2D eigenvalue weighted by molar-refractivity contribution is -0.0999. The number of aromatic hydroxyl groups is 1. The zero-order chi connectivity index (χ0) is 16.7. The van der Waals surface area contributed by atoms with Gasteiger partial charge in [-0.25, -0.2) is 5.43 Å². The molecule has 0 aliphatic rings. The summed E-state index contributed by atoms with van der Waals surface area (Å²) in [7, 11) is 0. The molecule has 122 valence electrons. The molecule has 0 saturated heterocycles. The summed E-state index contributed by atoms with van der Waals surface area (Å²) in [5.74, 6) is -0.996. The minimum atomic E-state index is -1.81. The van der Waals surface area contributed by atoms with Gasteiger partial charge in [0.2, 0.25) is 0 Å². The van der Waals surface area contributed by atoms with Gasteiger partial charge in [0.15, 0.2) is 0 Å². The van der Waals surface area contributed by atoms with Crippen molar-refractivity contribution in [3.8, 4) is 5.75 Å².